The van der Waals surface area contributed by atoms with E-state index in [1.165, 1.54) is 12.3 Å². The van der Waals surface area contributed by atoms with Gasteiger partial charge in [0.1, 0.15) is 0 Å². The number of halogens is 1. The first-order chi connectivity index (χ1) is 9.65. The van der Waals surface area contributed by atoms with E-state index in [0.717, 1.165) is 4.90 Å². The zero-order chi connectivity index (χ0) is 14.5. The molecule has 2 aromatic rings. The molecule has 0 spiro atoms. The topological polar surface area (TPSA) is 54.0 Å². The number of pyridine rings is 1. The molecule has 1 amide bonds. The highest BCUT2D eigenvalue weighted by molar-refractivity contribution is 7.98. The molecule has 0 aliphatic heterocycles. The zero-order valence-corrected chi connectivity index (χ0v) is 11.9. The Hall–Kier alpha value is -2.08. The minimum Gasteiger partial charge on any atom is -0.371 e. The van der Waals surface area contributed by atoms with Gasteiger partial charge in [-0.3, -0.25) is 4.79 Å². The van der Waals surface area contributed by atoms with E-state index in [9.17, 15) is 9.18 Å². The van der Waals surface area contributed by atoms with Crippen LogP contribution in [0.5, 0.6) is 0 Å². The quantitative estimate of drug-likeness (QED) is 0.849. The van der Waals surface area contributed by atoms with Gasteiger partial charge in [0.25, 0.3) is 5.91 Å². The molecule has 0 radical (unpaired) electrons. The van der Waals surface area contributed by atoms with Crippen LogP contribution < -0.4 is 10.6 Å². The molecule has 0 aliphatic carbocycles. The monoisotopic (exact) mass is 291 g/mol. The summed E-state index contributed by atoms with van der Waals surface area (Å²) in [5.74, 6) is -1.11. The van der Waals surface area contributed by atoms with E-state index in [2.05, 4.69) is 15.6 Å². The van der Waals surface area contributed by atoms with Crippen LogP contribution >= 0.6 is 11.8 Å². The van der Waals surface area contributed by atoms with Crippen LogP contribution in [0.4, 0.5) is 15.9 Å². The van der Waals surface area contributed by atoms with E-state index in [-0.39, 0.29) is 11.4 Å². The molecule has 0 aliphatic rings. The highest BCUT2D eigenvalue weighted by Gasteiger charge is 2.15. The van der Waals surface area contributed by atoms with Gasteiger partial charge in [-0.1, -0.05) is 0 Å². The van der Waals surface area contributed by atoms with Crippen molar-refractivity contribution < 1.29 is 9.18 Å². The fourth-order valence-electron chi connectivity index (χ4n) is 1.67. The van der Waals surface area contributed by atoms with Gasteiger partial charge >= 0.3 is 0 Å². The summed E-state index contributed by atoms with van der Waals surface area (Å²) in [6.07, 6.45) is 3.36. The summed E-state index contributed by atoms with van der Waals surface area (Å²) in [5, 5.41) is 5.26. The van der Waals surface area contributed by atoms with Crippen molar-refractivity contribution in [3.63, 3.8) is 0 Å². The number of benzene rings is 1. The fourth-order valence-corrected chi connectivity index (χ4v) is 2.07. The molecule has 0 bridgehead atoms. The smallest absolute Gasteiger partial charge is 0.258 e. The average Bonchev–Trinajstić information content (AvgIpc) is 2.48. The number of aromatic nitrogens is 1. The van der Waals surface area contributed by atoms with E-state index in [0.29, 0.717) is 5.69 Å². The third-order valence-electron chi connectivity index (χ3n) is 2.72. The standard InChI is InChI=1S/C14H14FN3OS/c1-16-13-12(15)11(7-8-17-13)14(19)18-9-3-5-10(20-2)6-4-9/h3-8H,1-2H3,(H,16,17)(H,18,19). The lowest BCUT2D eigenvalue weighted by Gasteiger charge is -2.08. The van der Waals surface area contributed by atoms with Crippen molar-refractivity contribution in [2.24, 2.45) is 0 Å². The number of anilines is 2. The number of carbonyl (C=O) groups is 1. The van der Waals surface area contributed by atoms with E-state index < -0.39 is 11.7 Å². The van der Waals surface area contributed by atoms with Crippen LogP contribution in [0.1, 0.15) is 10.4 Å². The summed E-state index contributed by atoms with van der Waals surface area (Å²) < 4.78 is 14.0. The lowest BCUT2D eigenvalue weighted by molar-refractivity contribution is 0.102. The second kappa shape index (κ2) is 6.38. The molecular weight excluding hydrogens is 277 g/mol. The Morgan fingerprint density at radius 1 is 1.25 bits per heavy atom. The lowest BCUT2D eigenvalue weighted by atomic mass is 10.2. The van der Waals surface area contributed by atoms with Crippen LogP contribution in [-0.4, -0.2) is 24.2 Å². The van der Waals surface area contributed by atoms with Gasteiger partial charge in [0.2, 0.25) is 0 Å². The Labute approximate surface area is 120 Å². The summed E-state index contributed by atoms with van der Waals surface area (Å²) in [5.41, 5.74) is 0.577. The van der Waals surface area contributed by atoms with Gasteiger partial charge in [0, 0.05) is 23.8 Å². The predicted octanol–water partition coefficient (Wildman–Crippen LogP) is 3.24. The van der Waals surface area contributed by atoms with Crippen molar-refractivity contribution >= 4 is 29.2 Å². The van der Waals surface area contributed by atoms with Crippen molar-refractivity contribution in [3.05, 3.63) is 47.9 Å². The normalized spacial score (nSPS) is 10.2. The molecule has 0 fully saturated rings. The van der Waals surface area contributed by atoms with Crippen LogP contribution in [0.25, 0.3) is 0 Å². The van der Waals surface area contributed by atoms with E-state index in [4.69, 9.17) is 0 Å². The van der Waals surface area contributed by atoms with Gasteiger partial charge in [0.05, 0.1) is 5.56 Å². The first-order valence-corrected chi connectivity index (χ1v) is 7.16. The molecule has 0 unspecified atom stereocenters. The molecule has 0 saturated carbocycles. The number of rotatable bonds is 4. The van der Waals surface area contributed by atoms with Crippen LogP contribution in [0.15, 0.2) is 41.4 Å². The first-order valence-electron chi connectivity index (χ1n) is 5.93. The molecule has 1 heterocycles. The average molecular weight is 291 g/mol. The van der Waals surface area contributed by atoms with E-state index in [1.54, 1.807) is 30.9 Å². The summed E-state index contributed by atoms with van der Waals surface area (Å²) >= 11 is 1.61. The molecule has 20 heavy (non-hydrogen) atoms. The molecule has 1 aromatic carbocycles. The molecule has 0 atom stereocenters. The summed E-state index contributed by atoms with van der Waals surface area (Å²) in [6.45, 7) is 0. The maximum absolute atomic E-state index is 14.0. The van der Waals surface area contributed by atoms with Gasteiger partial charge in [-0.05, 0) is 36.6 Å². The van der Waals surface area contributed by atoms with Crippen molar-refractivity contribution in [3.8, 4) is 0 Å². The minimum absolute atomic E-state index is 0.0432. The Bertz CT molecular complexity index is 616. The van der Waals surface area contributed by atoms with Crippen LogP contribution in [-0.2, 0) is 0 Å². The highest BCUT2D eigenvalue weighted by atomic mass is 32.2. The zero-order valence-electron chi connectivity index (χ0n) is 11.1. The Kier molecular flexibility index (Phi) is 4.57. The van der Waals surface area contributed by atoms with Gasteiger partial charge in [0.15, 0.2) is 11.6 Å². The van der Waals surface area contributed by atoms with Crippen molar-refractivity contribution in [2.75, 3.05) is 23.9 Å². The third-order valence-corrected chi connectivity index (χ3v) is 3.46. The van der Waals surface area contributed by atoms with Crippen molar-refractivity contribution in [1.29, 1.82) is 0 Å². The Balaban J connectivity index is 2.19. The SMILES string of the molecule is CNc1nccc(C(=O)Nc2ccc(SC)cc2)c1F. The number of thioether (sulfide) groups is 1. The second-order valence-electron chi connectivity index (χ2n) is 3.95. The Morgan fingerprint density at radius 2 is 1.95 bits per heavy atom. The van der Waals surface area contributed by atoms with Crippen LogP contribution in [0.2, 0.25) is 0 Å². The van der Waals surface area contributed by atoms with Crippen molar-refractivity contribution in [1.82, 2.24) is 4.98 Å². The van der Waals surface area contributed by atoms with Gasteiger partial charge in [-0.2, -0.15) is 0 Å². The molecule has 1 aromatic heterocycles. The van der Waals surface area contributed by atoms with Crippen LogP contribution in [0.3, 0.4) is 0 Å². The number of hydrogen-bond acceptors (Lipinski definition) is 4. The van der Waals surface area contributed by atoms with Gasteiger partial charge < -0.3 is 10.6 Å². The summed E-state index contributed by atoms with van der Waals surface area (Å²) in [7, 11) is 1.55. The van der Waals surface area contributed by atoms with Gasteiger partial charge in [-0.15, -0.1) is 11.8 Å². The number of hydrogen-bond donors (Lipinski definition) is 2. The molecule has 104 valence electrons. The third kappa shape index (κ3) is 3.08. The maximum atomic E-state index is 14.0. The summed E-state index contributed by atoms with van der Waals surface area (Å²) in [4.78, 5) is 16.9. The maximum Gasteiger partial charge on any atom is 0.258 e. The van der Waals surface area contributed by atoms with Crippen molar-refractivity contribution in [2.45, 2.75) is 4.90 Å². The largest absolute Gasteiger partial charge is 0.371 e. The van der Waals surface area contributed by atoms with E-state index >= 15 is 0 Å². The lowest BCUT2D eigenvalue weighted by Crippen LogP contribution is -2.15. The van der Waals surface area contributed by atoms with E-state index in [1.807, 2.05) is 18.4 Å². The number of nitrogens with zero attached hydrogens (tertiary/aromatic N) is 1. The molecular formula is C14H14FN3OS. The fraction of sp³-hybridized carbons (Fsp3) is 0.143. The second-order valence-corrected chi connectivity index (χ2v) is 4.83. The highest BCUT2D eigenvalue weighted by Crippen LogP contribution is 2.19. The minimum atomic E-state index is -0.659. The molecule has 6 heteroatoms. The Morgan fingerprint density at radius 3 is 2.55 bits per heavy atom. The molecule has 2 rings (SSSR count). The number of carbonyl (C=O) groups excluding carboxylic acids is 1. The van der Waals surface area contributed by atoms with Crippen LogP contribution in [0, 0.1) is 5.82 Å². The number of amides is 1. The van der Waals surface area contributed by atoms with Gasteiger partial charge in [-0.25, -0.2) is 9.37 Å². The summed E-state index contributed by atoms with van der Waals surface area (Å²) in [6, 6.07) is 8.69. The molecule has 2 N–H and O–H groups in total. The number of nitrogens with one attached hydrogen (secondary N) is 2. The predicted molar refractivity (Wildman–Crippen MR) is 79.9 cm³/mol. The molecule has 4 nitrogen and oxygen atoms in total. The first kappa shape index (κ1) is 14.3. The molecule has 0 saturated heterocycles.